The smallest absolute Gasteiger partial charge is 0.475 e. The quantitative estimate of drug-likeness (QED) is 0.419. The molecule has 1 aliphatic rings. The maximum absolute atomic E-state index is 10.6. The van der Waals surface area contributed by atoms with Gasteiger partial charge < -0.3 is 10.0 Å². The van der Waals surface area contributed by atoms with Crippen LogP contribution in [0.4, 0.5) is 13.2 Å². The highest BCUT2D eigenvalue weighted by molar-refractivity contribution is 6.35. The second-order valence-corrected chi connectivity index (χ2v) is 8.87. The zero-order valence-electron chi connectivity index (χ0n) is 18.5. The molecule has 4 rings (SSSR count). The molecule has 0 unspecified atom stereocenters. The summed E-state index contributed by atoms with van der Waals surface area (Å²) in [7, 11) is 2.14. The highest BCUT2D eigenvalue weighted by Crippen LogP contribution is 2.39. The zero-order valence-corrected chi connectivity index (χ0v) is 20.0. The number of carboxylic acid groups (broad SMARTS) is 1. The summed E-state index contributed by atoms with van der Waals surface area (Å²) in [6.07, 6.45) is -2.25. The summed E-state index contributed by atoms with van der Waals surface area (Å²) in [6.45, 7) is 3.93. The lowest BCUT2D eigenvalue weighted by Crippen LogP contribution is -2.31. The monoisotopic (exact) mass is 510 g/mol. The summed E-state index contributed by atoms with van der Waals surface area (Å²) in [6, 6.07) is 17.0. The van der Waals surface area contributed by atoms with Gasteiger partial charge in [0.15, 0.2) is 0 Å². The van der Waals surface area contributed by atoms with E-state index in [9.17, 15) is 13.2 Å². The lowest BCUT2D eigenvalue weighted by molar-refractivity contribution is -0.192. The van der Waals surface area contributed by atoms with Crippen molar-refractivity contribution in [2.24, 2.45) is 0 Å². The zero-order chi connectivity index (χ0) is 25.0. The predicted octanol–water partition coefficient (Wildman–Crippen LogP) is 6.83. The first-order chi connectivity index (χ1) is 16.0. The molecule has 0 radical (unpaired) electrons. The third-order valence-corrected chi connectivity index (χ3v) is 6.09. The van der Waals surface area contributed by atoms with Crippen molar-refractivity contribution in [1.29, 1.82) is 0 Å². The standard InChI is InChI=1S/C23H22Cl2N2.C2HF3O2/c1-3-19-10-16(7-8-26-19)15-5-4-6-17(9-15)21-13-27(2)14-22-20(21)11-18(24)12-23(22)25;3-2(4,5)1(6)7/h4-12,21H,3,13-14H2,1-2H3;(H,6,7)/t21-;/m0./s1. The van der Waals surface area contributed by atoms with Gasteiger partial charge >= 0.3 is 12.1 Å². The third kappa shape index (κ3) is 6.29. The first-order valence-corrected chi connectivity index (χ1v) is 11.3. The minimum absolute atomic E-state index is 0.252. The largest absolute Gasteiger partial charge is 0.490 e. The van der Waals surface area contributed by atoms with Crippen molar-refractivity contribution in [3.8, 4) is 11.1 Å². The van der Waals surface area contributed by atoms with Crippen molar-refractivity contribution < 1.29 is 23.1 Å². The molecule has 1 aliphatic heterocycles. The van der Waals surface area contributed by atoms with Crippen molar-refractivity contribution >= 4 is 29.2 Å². The lowest BCUT2D eigenvalue weighted by Gasteiger charge is -2.33. The number of carbonyl (C=O) groups is 1. The number of alkyl halides is 3. The number of benzene rings is 2. The number of likely N-dealkylation sites (N-methyl/N-ethyl adjacent to an activating group) is 1. The maximum Gasteiger partial charge on any atom is 0.490 e. The summed E-state index contributed by atoms with van der Waals surface area (Å²) >= 11 is 12.8. The molecule has 0 fully saturated rings. The molecule has 180 valence electrons. The van der Waals surface area contributed by atoms with E-state index in [1.165, 1.54) is 27.8 Å². The minimum Gasteiger partial charge on any atom is -0.475 e. The van der Waals surface area contributed by atoms with Gasteiger partial charge in [-0.3, -0.25) is 4.98 Å². The average molecular weight is 511 g/mol. The van der Waals surface area contributed by atoms with Crippen molar-refractivity contribution in [1.82, 2.24) is 9.88 Å². The van der Waals surface area contributed by atoms with Crippen molar-refractivity contribution in [3.05, 3.63) is 87.2 Å². The van der Waals surface area contributed by atoms with Crippen LogP contribution in [0.25, 0.3) is 11.1 Å². The number of pyridine rings is 1. The number of aryl methyl sites for hydroxylation is 1. The molecule has 34 heavy (non-hydrogen) atoms. The molecule has 2 heterocycles. The normalized spacial score (nSPS) is 15.8. The summed E-state index contributed by atoms with van der Waals surface area (Å²) in [5.41, 5.74) is 7.24. The first kappa shape index (κ1) is 26.0. The first-order valence-electron chi connectivity index (χ1n) is 10.5. The second-order valence-electron chi connectivity index (χ2n) is 8.02. The average Bonchev–Trinajstić information content (AvgIpc) is 2.79. The Hall–Kier alpha value is -2.61. The Balaban J connectivity index is 0.000000406. The van der Waals surface area contributed by atoms with Gasteiger partial charge in [-0.1, -0.05) is 54.4 Å². The number of carboxylic acids is 1. The van der Waals surface area contributed by atoms with E-state index in [0.717, 1.165) is 30.2 Å². The Bertz CT molecular complexity index is 1190. The van der Waals surface area contributed by atoms with E-state index in [4.69, 9.17) is 33.1 Å². The molecule has 9 heteroatoms. The number of aromatic nitrogens is 1. The van der Waals surface area contributed by atoms with Gasteiger partial charge in [-0.15, -0.1) is 0 Å². The molecule has 0 aliphatic carbocycles. The van der Waals surface area contributed by atoms with Crippen LogP contribution in [-0.4, -0.2) is 40.7 Å². The van der Waals surface area contributed by atoms with Crippen LogP contribution in [0.5, 0.6) is 0 Å². The van der Waals surface area contributed by atoms with E-state index >= 15 is 0 Å². The molecule has 0 spiro atoms. The van der Waals surface area contributed by atoms with Gasteiger partial charge in [-0.2, -0.15) is 13.2 Å². The Morgan fingerprint density at radius 1 is 1.15 bits per heavy atom. The molecule has 0 saturated carbocycles. The van der Waals surface area contributed by atoms with E-state index in [-0.39, 0.29) is 5.92 Å². The molecule has 1 N–H and O–H groups in total. The fourth-order valence-electron chi connectivity index (χ4n) is 3.92. The molecule has 0 amide bonds. The fourth-order valence-corrected chi connectivity index (χ4v) is 4.49. The Kier molecular flexibility index (Phi) is 8.23. The van der Waals surface area contributed by atoms with Crippen LogP contribution >= 0.6 is 23.2 Å². The van der Waals surface area contributed by atoms with Crippen LogP contribution in [0, 0.1) is 0 Å². The van der Waals surface area contributed by atoms with Crippen molar-refractivity contribution in [2.75, 3.05) is 13.6 Å². The predicted molar refractivity (Wildman–Crippen MR) is 127 cm³/mol. The van der Waals surface area contributed by atoms with E-state index < -0.39 is 12.1 Å². The SMILES string of the molecule is CCc1cc(-c2cccc([C@@H]3CN(C)Cc4c(Cl)cc(Cl)cc43)c2)ccn1.O=C(O)C(F)(F)F. The summed E-state index contributed by atoms with van der Waals surface area (Å²) in [4.78, 5) is 15.6. The van der Waals surface area contributed by atoms with E-state index in [0.29, 0.717) is 5.02 Å². The molecule has 1 aromatic heterocycles. The Morgan fingerprint density at radius 3 is 2.47 bits per heavy atom. The van der Waals surface area contributed by atoms with Gasteiger partial charge in [0.05, 0.1) is 0 Å². The lowest BCUT2D eigenvalue weighted by atomic mass is 9.84. The Morgan fingerprint density at radius 2 is 1.82 bits per heavy atom. The molecule has 3 aromatic rings. The number of hydrogen-bond acceptors (Lipinski definition) is 3. The summed E-state index contributed by atoms with van der Waals surface area (Å²) in [5, 5.41) is 8.58. The topological polar surface area (TPSA) is 53.4 Å². The van der Waals surface area contributed by atoms with Crippen LogP contribution in [0.15, 0.2) is 54.7 Å². The van der Waals surface area contributed by atoms with Gasteiger partial charge in [0.1, 0.15) is 0 Å². The van der Waals surface area contributed by atoms with Gasteiger partial charge in [-0.05, 0) is 65.6 Å². The number of fused-ring (bicyclic) bond motifs is 1. The molecule has 0 bridgehead atoms. The summed E-state index contributed by atoms with van der Waals surface area (Å²) in [5.74, 6) is -2.50. The van der Waals surface area contributed by atoms with Crippen LogP contribution in [0.1, 0.15) is 35.2 Å². The molecule has 1 atom stereocenters. The second kappa shape index (κ2) is 10.8. The third-order valence-electron chi connectivity index (χ3n) is 5.54. The fraction of sp³-hybridized carbons (Fsp3) is 0.280. The van der Waals surface area contributed by atoms with Crippen molar-refractivity contribution in [2.45, 2.75) is 32.0 Å². The summed E-state index contributed by atoms with van der Waals surface area (Å²) < 4.78 is 31.7. The van der Waals surface area contributed by atoms with Gasteiger partial charge in [0.2, 0.25) is 0 Å². The molecular weight excluding hydrogens is 488 g/mol. The molecule has 4 nitrogen and oxygen atoms in total. The Labute approximate surface area is 206 Å². The number of nitrogens with zero attached hydrogens (tertiary/aromatic N) is 2. The van der Waals surface area contributed by atoms with Crippen LogP contribution in [0.3, 0.4) is 0 Å². The molecular formula is C25H23Cl2F3N2O2. The van der Waals surface area contributed by atoms with E-state index in [1.54, 1.807) is 0 Å². The highest BCUT2D eigenvalue weighted by Gasteiger charge is 2.38. The van der Waals surface area contributed by atoms with Gasteiger partial charge in [-0.25, -0.2) is 4.79 Å². The number of aliphatic carboxylic acids is 1. The number of halogens is 5. The van der Waals surface area contributed by atoms with Gasteiger partial charge in [0, 0.05) is 40.9 Å². The number of hydrogen-bond donors (Lipinski definition) is 1. The maximum atomic E-state index is 10.6. The molecule has 0 saturated heterocycles. The van der Waals surface area contributed by atoms with Crippen LogP contribution in [0.2, 0.25) is 10.0 Å². The minimum atomic E-state index is -5.08. The molecule has 2 aromatic carbocycles. The van der Waals surface area contributed by atoms with E-state index in [1.807, 2.05) is 12.3 Å². The van der Waals surface area contributed by atoms with Crippen LogP contribution < -0.4 is 0 Å². The number of rotatable bonds is 3. The van der Waals surface area contributed by atoms with E-state index in [2.05, 4.69) is 66.3 Å². The highest BCUT2D eigenvalue weighted by atomic mass is 35.5. The van der Waals surface area contributed by atoms with Crippen molar-refractivity contribution in [3.63, 3.8) is 0 Å². The van der Waals surface area contributed by atoms with Crippen LogP contribution in [-0.2, 0) is 17.8 Å². The van der Waals surface area contributed by atoms with Gasteiger partial charge in [0.25, 0.3) is 0 Å².